The first-order valence-electron chi connectivity index (χ1n) is 7.31. The lowest BCUT2D eigenvalue weighted by Crippen LogP contribution is -2.49. The lowest BCUT2D eigenvalue weighted by Gasteiger charge is -2.43. The standard InChI is InChI=1S/C16H26N2O2.ClH/c1-12-10-13(4-5-14(12)20)15(16(2,3)11-19)18-8-6-17-7-9-18;/h4-5,10,15,17,19-20H,6-9,11H2,1-3H3;1H/t15-;/m0./s1. The predicted molar refractivity (Wildman–Crippen MR) is 88.1 cm³/mol. The Morgan fingerprint density at radius 2 is 1.90 bits per heavy atom. The van der Waals surface area contributed by atoms with Crippen molar-refractivity contribution in [3.8, 4) is 5.75 Å². The molecule has 0 radical (unpaired) electrons. The van der Waals surface area contributed by atoms with Gasteiger partial charge in [0.25, 0.3) is 0 Å². The van der Waals surface area contributed by atoms with Crippen LogP contribution in [0.25, 0.3) is 0 Å². The van der Waals surface area contributed by atoms with Gasteiger partial charge < -0.3 is 15.5 Å². The van der Waals surface area contributed by atoms with Crippen molar-refractivity contribution in [1.82, 2.24) is 10.2 Å². The fourth-order valence-electron chi connectivity index (χ4n) is 3.03. The molecule has 0 spiro atoms. The Morgan fingerprint density at radius 3 is 2.43 bits per heavy atom. The van der Waals surface area contributed by atoms with Crippen LogP contribution in [0.2, 0.25) is 0 Å². The van der Waals surface area contributed by atoms with Crippen molar-refractivity contribution in [2.45, 2.75) is 26.8 Å². The molecule has 0 amide bonds. The first kappa shape index (κ1) is 18.2. The first-order chi connectivity index (χ1) is 9.45. The van der Waals surface area contributed by atoms with Gasteiger partial charge in [0.15, 0.2) is 0 Å². The zero-order chi connectivity index (χ0) is 14.8. The van der Waals surface area contributed by atoms with Gasteiger partial charge in [0.1, 0.15) is 5.75 Å². The van der Waals surface area contributed by atoms with Crippen LogP contribution in [0, 0.1) is 12.3 Å². The lowest BCUT2D eigenvalue weighted by molar-refractivity contribution is 0.0305. The summed E-state index contributed by atoms with van der Waals surface area (Å²) in [7, 11) is 0. The summed E-state index contributed by atoms with van der Waals surface area (Å²) >= 11 is 0. The van der Waals surface area contributed by atoms with E-state index in [1.807, 2.05) is 19.1 Å². The van der Waals surface area contributed by atoms with Gasteiger partial charge in [0.05, 0.1) is 0 Å². The van der Waals surface area contributed by atoms with E-state index in [0.717, 1.165) is 31.7 Å². The number of piperazine rings is 1. The Labute approximate surface area is 133 Å². The van der Waals surface area contributed by atoms with Crippen LogP contribution in [0.4, 0.5) is 0 Å². The third-order valence-corrected chi connectivity index (χ3v) is 4.20. The Balaban J connectivity index is 0.00000220. The van der Waals surface area contributed by atoms with Gasteiger partial charge in [-0.3, -0.25) is 4.90 Å². The Bertz CT molecular complexity index is 460. The van der Waals surface area contributed by atoms with Gasteiger partial charge in [-0.2, -0.15) is 0 Å². The largest absolute Gasteiger partial charge is 0.508 e. The first-order valence-corrected chi connectivity index (χ1v) is 7.31. The number of aromatic hydroxyl groups is 1. The van der Waals surface area contributed by atoms with Gasteiger partial charge in [0, 0.05) is 44.2 Å². The van der Waals surface area contributed by atoms with Gasteiger partial charge >= 0.3 is 0 Å². The third kappa shape index (κ3) is 4.10. The molecule has 1 fully saturated rings. The molecule has 1 aromatic carbocycles. The molecule has 1 atom stereocenters. The molecule has 0 unspecified atom stereocenters. The number of aliphatic hydroxyl groups excluding tert-OH is 1. The second-order valence-corrected chi connectivity index (χ2v) is 6.38. The number of nitrogens with zero attached hydrogens (tertiary/aromatic N) is 1. The SMILES string of the molecule is Cc1cc([C@H](N2CCNCC2)C(C)(C)CO)ccc1O.Cl. The molecule has 0 aromatic heterocycles. The molecule has 0 bridgehead atoms. The second-order valence-electron chi connectivity index (χ2n) is 6.38. The molecule has 0 aliphatic carbocycles. The Kier molecular flexibility index (Phi) is 6.47. The number of aryl methyl sites for hydroxylation is 1. The highest BCUT2D eigenvalue weighted by Crippen LogP contribution is 2.39. The van der Waals surface area contributed by atoms with E-state index in [4.69, 9.17) is 0 Å². The fourth-order valence-corrected chi connectivity index (χ4v) is 3.03. The summed E-state index contributed by atoms with van der Waals surface area (Å²) in [5.41, 5.74) is 1.83. The van der Waals surface area contributed by atoms with Crippen LogP contribution < -0.4 is 5.32 Å². The summed E-state index contributed by atoms with van der Waals surface area (Å²) in [5.74, 6) is 0.328. The van der Waals surface area contributed by atoms with E-state index >= 15 is 0 Å². The smallest absolute Gasteiger partial charge is 0.118 e. The number of nitrogens with one attached hydrogen (secondary N) is 1. The van der Waals surface area contributed by atoms with Crippen molar-refractivity contribution in [2.24, 2.45) is 5.41 Å². The van der Waals surface area contributed by atoms with E-state index in [9.17, 15) is 10.2 Å². The van der Waals surface area contributed by atoms with E-state index < -0.39 is 0 Å². The van der Waals surface area contributed by atoms with Crippen molar-refractivity contribution in [2.75, 3.05) is 32.8 Å². The zero-order valence-corrected chi connectivity index (χ0v) is 13.9. The molecular weight excluding hydrogens is 288 g/mol. The molecular formula is C16H27ClN2O2. The number of hydrogen-bond acceptors (Lipinski definition) is 4. The van der Waals surface area contributed by atoms with Crippen LogP contribution in [-0.4, -0.2) is 47.9 Å². The van der Waals surface area contributed by atoms with E-state index in [0.29, 0.717) is 5.75 Å². The summed E-state index contributed by atoms with van der Waals surface area (Å²) in [6.45, 7) is 10.2. The molecule has 5 heteroatoms. The van der Waals surface area contributed by atoms with Crippen molar-refractivity contribution in [3.63, 3.8) is 0 Å². The third-order valence-electron chi connectivity index (χ3n) is 4.20. The molecule has 4 nitrogen and oxygen atoms in total. The van der Waals surface area contributed by atoms with Crippen LogP contribution in [0.15, 0.2) is 18.2 Å². The number of benzene rings is 1. The maximum atomic E-state index is 9.79. The summed E-state index contributed by atoms with van der Waals surface area (Å²) < 4.78 is 0. The molecule has 1 aliphatic heterocycles. The van der Waals surface area contributed by atoms with Crippen LogP contribution >= 0.6 is 12.4 Å². The van der Waals surface area contributed by atoms with Crippen molar-refractivity contribution >= 4 is 12.4 Å². The number of hydrogen-bond donors (Lipinski definition) is 3. The zero-order valence-electron chi connectivity index (χ0n) is 13.1. The van der Waals surface area contributed by atoms with Crippen molar-refractivity contribution in [1.29, 1.82) is 0 Å². The summed E-state index contributed by atoms with van der Waals surface area (Å²) in [6.07, 6.45) is 0. The average molecular weight is 315 g/mol. The number of aliphatic hydroxyl groups is 1. The molecule has 1 saturated heterocycles. The molecule has 1 aromatic rings. The molecule has 3 N–H and O–H groups in total. The highest BCUT2D eigenvalue weighted by molar-refractivity contribution is 5.85. The molecule has 2 rings (SSSR count). The van der Waals surface area contributed by atoms with E-state index in [1.54, 1.807) is 6.07 Å². The van der Waals surface area contributed by atoms with Gasteiger partial charge in [-0.25, -0.2) is 0 Å². The van der Waals surface area contributed by atoms with Crippen LogP contribution in [0.3, 0.4) is 0 Å². The molecule has 21 heavy (non-hydrogen) atoms. The Hall–Kier alpha value is -0.810. The van der Waals surface area contributed by atoms with Crippen molar-refractivity contribution in [3.05, 3.63) is 29.3 Å². The van der Waals surface area contributed by atoms with E-state index in [-0.39, 0.29) is 30.5 Å². The van der Waals surface area contributed by atoms with Crippen LogP contribution in [0.1, 0.15) is 31.0 Å². The minimum absolute atomic E-state index is 0. The number of phenolic OH excluding ortho intramolecular Hbond substituents is 1. The summed E-state index contributed by atoms with van der Waals surface area (Å²) in [6, 6.07) is 5.94. The monoisotopic (exact) mass is 314 g/mol. The quantitative estimate of drug-likeness (QED) is 0.796. The van der Waals surface area contributed by atoms with Crippen molar-refractivity contribution < 1.29 is 10.2 Å². The molecule has 1 heterocycles. The number of phenols is 1. The van der Waals surface area contributed by atoms with Gasteiger partial charge in [-0.1, -0.05) is 26.0 Å². The normalized spacial score (nSPS) is 18.1. The minimum atomic E-state index is -0.221. The summed E-state index contributed by atoms with van der Waals surface area (Å²) in [4.78, 5) is 2.43. The maximum absolute atomic E-state index is 9.79. The molecule has 0 saturated carbocycles. The second kappa shape index (κ2) is 7.45. The Morgan fingerprint density at radius 1 is 1.29 bits per heavy atom. The summed E-state index contributed by atoms with van der Waals surface area (Å²) in [5, 5.41) is 22.9. The van der Waals surface area contributed by atoms with Crippen LogP contribution in [-0.2, 0) is 0 Å². The average Bonchev–Trinajstić information content (AvgIpc) is 2.44. The number of rotatable bonds is 4. The lowest BCUT2D eigenvalue weighted by atomic mass is 9.79. The predicted octanol–water partition coefficient (Wildman–Crippen LogP) is 2.09. The van der Waals surface area contributed by atoms with Gasteiger partial charge in [-0.15, -0.1) is 12.4 Å². The van der Waals surface area contributed by atoms with E-state index in [1.165, 1.54) is 5.56 Å². The van der Waals surface area contributed by atoms with Crippen LogP contribution in [0.5, 0.6) is 5.75 Å². The fraction of sp³-hybridized carbons (Fsp3) is 0.625. The topological polar surface area (TPSA) is 55.7 Å². The highest BCUT2D eigenvalue weighted by atomic mass is 35.5. The highest BCUT2D eigenvalue weighted by Gasteiger charge is 2.35. The number of halogens is 1. The van der Waals surface area contributed by atoms with E-state index in [2.05, 4.69) is 24.1 Å². The maximum Gasteiger partial charge on any atom is 0.118 e. The minimum Gasteiger partial charge on any atom is -0.508 e. The molecule has 120 valence electrons. The molecule has 1 aliphatic rings. The van der Waals surface area contributed by atoms with Gasteiger partial charge in [0.2, 0.25) is 0 Å². The van der Waals surface area contributed by atoms with Gasteiger partial charge in [-0.05, 0) is 24.1 Å².